The summed E-state index contributed by atoms with van der Waals surface area (Å²) in [5.41, 5.74) is 1.27. The van der Waals surface area contributed by atoms with E-state index in [0.29, 0.717) is 6.10 Å². The second kappa shape index (κ2) is 2.77. The predicted molar refractivity (Wildman–Crippen MR) is 39.4 cm³/mol. The molecular formula is C9H8FeO2. The van der Waals surface area contributed by atoms with Crippen molar-refractivity contribution >= 4 is 0 Å². The van der Waals surface area contributed by atoms with E-state index in [4.69, 9.17) is 9.47 Å². The Morgan fingerprint density at radius 3 is 3.00 bits per heavy atom. The molecule has 0 spiro atoms. The average Bonchev–Trinajstić information content (AvgIpc) is 2.77. The van der Waals surface area contributed by atoms with Crippen molar-refractivity contribution in [1.82, 2.24) is 0 Å². The summed E-state index contributed by atoms with van der Waals surface area (Å²) in [5.74, 6) is 0.992. The van der Waals surface area contributed by atoms with Crippen molar-refractivity contribution in [1.29, 1.82) is 0 Å². The van der Waals surface area contributed by atoms with E-state index in [1.165, 1.54) is 5.56 Å². The number of hydrogen-bond acceptors (Lipinski definition) is 2. The summed E-state index contributed by atoms with van der Waals surface area (Å²) in [6, 6.07) is 8.10. The largest absolute Gasteiger partial charge is 0.462 e. The van der Waals surface area contributed by atoms with Gasteiger partial charge in [-0.25, -0.2) is 0 Å². The Kier molecular flexibility index (Phi) is 1.87. The molecule has 12 heavy (non-hydrogen) atoms. The summed E-state index contributed by atoms with van der Waals surface area (Å²) < 4.78 is 10.7. The van der Waals surface area contributed by atoms with Gasteiger partial charge in [0.2, 0.25) is 6.29 Å². The fraction of sp³-hybridized carbons (Fsp3) is 0.333. The van der Waals surface area contributed by atoms with E-state index >= 15 is 0 Å². The second-order valence-corrected chi connectivity index (χ2v) is 2.97. The van der Waals surface area contributed by atoms with Gasteiger partial charge in [0.25, 0.3) is 0 Å². The minimum atomic E-state index is 0. The molecule has 2 aliphatic rings. The first-order valence-corrected chi connectivity index (χ1v) is 3.83. The third-order valence-electron chi connectivity index (χ3n) is 2.17. The van der Waals surface area contributed by atoms with E-state index in [9.17, 15) is 0 Å². The smallest absolute Gasteiger partial charge is 0.227 e. The van der Waals surface area contributed by atoms with Crippen LogP contribution in [0.5, 0.6) is 5.75 Å². The molecule has 1 fully saturated rings. The Labute approximate surface area is 81.3 Å². The molecule has 1 aromatic carbocycles. The quantitative estimate of drug-likeness (QED) is 0.469. The fourth-order valence-corrected chi connectivity index (χ4v) is 1.50. The Bertz CT molecular complexity index is 271. The average molecular weight is 204 g/mol. The van der Waals surface area contributed by atoms with Gasteiger partial charge in [0.05, 0.1) is 0 Å². The standard InChI is InChI=1S/C9H8O2.Fe/c1-2-4-7-6(3-1)5-8-9(10-7)11-8;/h1-4,8-9H,5H2;. The van der Waals surface area contributed by atoms with Gasteiger partial charge in [-0.15, -0.1) is 0 Å². The summed E-state index contributed by atoms with van der Waals surface area (Å²) in [5, 5.41) is 0. The van der Waals surface area contributed by atoms with Gasteiger partial charge < -0.3 is 9.47 Å². The van der Waals surface area contributed by atoms with Crippen molar-refractivity contribution < 1.29 is 26.5 Å². The molecule has 2 nitrogen and oxygen atoms in total. The van der Waals surface area contributed by atoms with E-state index in [1.807, 2.05) is 18.2 Å². The Morgan fingerprint density at radius 2 is 2.08 bits per heavy atom. The molecule has 0 saturated carbocycles. The summed E-state index contributed by atoms with van der Waals surface area (Å²) in [4.78, 5) is 0. The molecule has 0 radical (unpaired) electrons. The number of epoxide rings is 1. The third kappa shape index (κ3) is 1.14. The number of hydrogen-bond donors (Lipinski definition) is 0. The molecule has 2 aliphatic heterocycles. The van der Waals surface area contributed by atoms with E-state index < -0.39 is 0 Å². The zero-order valence-corrected chi connectivity index (χ0v) is 7.45. The summed E-state index contributed by atoms with van der Waals surface area (Å²) in [6.45, 7) is 0. The zero-order valence-electron chi connectivity index (χ0n) is 6.34. The molecule has 3 rings (SSSR count). The van der Waals surface area contributed by atoms with Crippen LogP contribution < -0.4 is 4.74 Å². The minimum Gasteiger partial charge on any atom is -0.462 e. The van der Waals surface area contributed by atoms with Crippen molar-refractivity contribution in [2.24, 2.45) is 0 Å². The molecule has 64 valence electrons. The minimum absolute atomic E-state index is 0. The van der Waals surface area contributed by atoms with Gasteiger partial charge in [0.1, 0.15) is 11.9 Å². The number of rotatable bonds is 0. The van der Waals surface area contributed by atoms with Gasteiger partial charge in [-0.1, -0.05) is 18.2 Å². The first kappa shape index (κ1) is 8.11. The first-order valence-electron chi connectivity index (χ1n) is 3.83. The maximum absolute atomic E-state index is 5.48. The number of ether oxygens (including phenoxy) is 2. The molecular weight excluding hydrogens is 196 g/mol. The Balaban J connectivity index is 0.000000563. The Morgan fingerprint density at radius 1 is 1.25 bits per heavy atom. The van der Waals surface area contributed by atoms with Gasteiger partial charge in [-0.2, -0.15) is 0 Å². The van der Waals surface area contributed by atoms with Crippen LogP contribution in [0, 0.1) is 0 Å². The van der Waals surface area contributed by atoms with Gasteiger partial charge in [0.15, 0.2) is 0 Å². The molecule has 1 aromatic rings. The molecule has 0 aliphatic carbocycles. The van der Waals surface area contributed by atoms with Crippen LogP contribution in [0.4, 0.5) is 0 Å². The summed E-state index contributed by atoms with van der Waals surface area (Å²) in [7, 11) is 0. The zero-order chi connectivity index (χ0) is 7.26. The predicted octanol–water partition coefficient (Wildman–Crippen LogP) is 1.34. The van der Waals surface area contributed by atoms with Gasteiger partial charge >= 0.3 is 0 Å². The number of benzene rings is 1. The van der Waals surface area contributed by atoms with Crippen LogP contribution in [0.2, 0.25) is 0 Å². The molecule has 0 N–H and O–H groups in total. The second-order valence-electron chi connectivity index (χ2n) is 2.97. The molecule has 2 unspecified atom stereocenters. The third-order valence-corrected chi connectivity index (χ3v) is 2.17. The van der Waals surface area contributed by atoms with Crippen LogP contribution in [0.1, 0.15) is 5.56 Å². The maximum Gasteiger partial charge on any atom is 0.227 e. The van der Waals surface area contributed by atoms with Crippen LogP contribution in [-0.2, 0) is 28.2 Å². The van der Waals surface area contributed by atoms with Crippen molar-refractivity contribution in [2.45, 2.75) is 18.8 Å². The molecule has 2 atom stereocenters. The Hall–Kier alpha value is -0.501. The van der Waals surface area contributed by atoms with Crippen LogP contribution in [-0.4, -0.2) is 12.4 Å². The SMILES string of the molecule is [Fe].c1ccc2c(c1)CC1OC1O2. The van der Waals surface area contributed by atoms with Crippen LogP contribution >= 0.6 is 0 Å². The van der Waals surface area contributed by atoms with Gasteiger partial charge in [-0.3, -0.25) is 0 Å². The number of para-hydroxylation sites is 1. The number of fused-ring (bicyclic) bond motifs is 2. The summed E-state index contributed by atoms with van der Waals surface area (Å²) in [6.07, 6.45) is 1.41. The molecule has 0 aromatic heterocycles. The summed E-state index contributed by atoms with van der Waals surface area (Å²) >= 11 is 0. The monoisotopic (exact) mass is 204 g/mol. The molecule has 3 heteroatoms. The van der Waals surface area contributed by atoms with E-state index in [1.54, 1.807) is 0 Å². The molecule has 0 amide bonds. The fourth-order valence-electron chi connectivity index (χ4n) is 1.50. The van der Waals surface area contributed by atoms with Gasteiger partial charge in [-0.05, 0) is 11.6 Å². The maximum atomic E-state index is 5.48. The first-order chi connectivity index (χ1) is 5.43. The van der Waals surface area contributed by atoms with Crippen molar-refractivity contribution in [2.75, 3.05) is 0 Å². The van der Waals surface area contributed by atoms with Crippen molar-refractivity contribution in [3.05, 3.63) is 29.8 Å². The van der Waals surface area contributed by atoms with Crippen molar-refractivity contribution in [3.8, 4) is 5.75 Å². The molecule has 1 saturated heterocycles. The van der Waals surface area contributed by atoms with E-state index in [-0.39, 0.29) is 23.4 Å². The van der Waals surface area contributed by atoms with Crippen molar-refractivity contribution in [3.63, 3.8) is 0 Å². The van der Waals surface area contributed by atoms with E-state index in [0.717, 1.165) is 12.2 Å². The topological polar surface area (TPSA) is 21.8 Å². The van der Waals surface area contributed by atoms with Crippen LogP contribution in [0.25, 0.3) is 0 Å². The van der Waals surface area contributed by atoms with Gasteiger partial charge in [0, 0.05) is 23.5 Å². The normalized spacial score (nSPS) is 29.0. The van der Waals surface area contributed by atoms with Crippen LogP contribution in [0.15, 0.2) is 24.3 Å². The van der Waals surface area contributed by atoms with Crippen LogP contribution in [0.3, 0.4) is 0 Å². The molecule has 2 heterocycles. The molecule has 0 bridgehead atoms. The van der Waals surface area contributed by atoms with E-state index in [2.05, 4.69) is 6.07 Å².